The Labute approximate surface area is 227 Å². The minimum Gasteiger partial charge on any atom is -0.226 e. The van der Waals surface area contributed by atoms with Crippen LogP contribution in [-0.4, -0.2) is 94.3 Å². The molecule has 0 bridgehead atoms. The number of hydrogen-bond acceptors (Lipinski definition) is 0. The number of halogens is 30. The molecule has 2 fully saturated rings. The predicted octanol–water partition coefficient (Wildman–Crippen LogP) is 9.32. The zero-order chi connectivity index (χ0) is 38.0. The van der Waals surface area contributed by atoms with Gasteiger partial charge in [-0.05, 0) is 0 Å². The van der Waals surface area contributed by atoms with Gasteiger partial charge in [0.25, 0.3) is 11.3 Å². The van der Waals surface area contributed by atoms with Crippen LogP contribution < -0.4 is 0 Å². The molecule has 30 heteroatoms. The van der Waals surface area contributed by atoms with Gasteiger partial charge in [0.15, 0.2) is 0 Å². The van der Waals surface area contributed by atoms with Gasteiger partial charge in [0, 0.05) is 0 Å². The molecule has 0 aliphatic heterocycles. The van der Waals surface area contributed by atoms with Crippen molar-refractivity contribution >= 4 is 0 Å². The molecular weight excluding hydrogens is 762 g/mol. The molecule has 0 spiro atoms. The van der Waals surface area contributed by atoms with Crippen LogP contribution in [0.25, 0.3) is 0 Å². The van der Waals surface area contributed by atoms with Crippen LogP contribution in [0, 0.1) is 0 Å². The van der Waals surface area contributed by atoms with Crippen LogP contribution in [-0.2, 0) is 0 Å². The monoisotopic (exact) mass is 762 g/mol. The second-order valence-electron chi connectivity index (χ2n) is 9.37. The molecule has 0 saturated heterocycles. The van der Waals surface area contributed by atoms with Crippen LogP contribution >= 0.6 is 0 Å². The van der Waals surface area contributed by atoms with E-state index in [0.29, 0.717) is 0 Å². The lowest BCUT2D eigenvalue weighted by Crippen LogP contribution is -2.99. The standard InChI is InChI=1S/C16F30/c17-1(5(21,22)9(29,30)3(19,10(31,32)6(1,23)24)13(37,38)15(41,42)43)2(18)7(25,26)11(33,34)4(20,12(35,36)8(2,27)28)14(39,40)16(44,45)46. The number of hydrogen-bond donors (Lipinski definition) is 0. The predicted molar refractivity (Wildman–Crippen MR) is 76.9 cm³/mol. The Bertz CT molecular complexity index is 1090. The van der Waals surface area contributed by atoms with Crippen molar-refractivity contribution in [3.63, 3.8) is 0 Å². The molecule has 0 aromatic carbocycles. The fraction of sp³-hybridized carbons (Fsp3) is 1.00. The third kappa shape index (κ3) is 3.08. The summed E-state index contributed by atoms with van der Waals surface area (Å²) < 4.78 is 416. The molecule has 0 heterocycles. The second-order valence-corrected chi connectivity index (χ2v) is 9.37. The van der Waals surface area contributed by atoms with Gasteiger partial charge in [-0.1, -0.05) is 0 Å². The molecule has 0 amide bonds. The molecular formula is C16F30. The Morgan fingerprint density at radius 1 is 0.217 bits per heavy atom. The minimum atomic E-state index is -10.5. The first-order valence-corrected chi connectivity index (χ1v) is 9.92. The molecule has 274 valence electrons. The maximum Gasteiger partial charge on any atom is 0.457 e. The van der Waals surface area contributed by atoms with Crippen LogP contribution in [0.1, 0.15) is 0 Å². The highest BCUT2D eigenvalue weighted by Gasteiger charge is 3.17. The summed E-state index contributed by atoms with van der Waals surface area (Å²) >= 11 is 0. The number of alkyl halides is 30. The quantitative estimate of drug-likeness (QED) is 0.252. The summed E-state index contributed by atoms with van der Waals surface area (Å²) in [4.78, 5) is 0. The van der Waals surface area contributed by atoms with Gasteiger partial charge >= 0.3 is 82.9 Å². The van der Waals surface area contributed by atoms with E-state index in [1.165, 1.54) is 0 Å². The first-order valence-electron chi connectivity index (χ1n) is 9.92. The maximum absolute atomic E-state index is 15.2. The van der Waals surface area contributed by atoms with E-state index >= 15 is 8.78 Å². The molecule has 2 aliphatic carbocycles. The normalized spacial score (nSPS) is 39.5. The van der Waals surface area contributed by atoms with E-state index in [-0.39, 0.29) is 0 Å². The third-order valence-corrected chi connectivity index (χ3v) is 7.09. The van der Waals surface area contributed by atoms with Gasteiger partial charge in [-0.25, -0.2) is 17.6 Å². The molecule has 0 aromatic heterocycles. The van der Waals surface area contributed by atoms with Crippen molar-refractivity contribution < 1.29 is 132 Å². The summed E-state index contributed by atoms with van der Waals surface area (Å²) in [5.41, 5.74) is -40.4. The first kappa shape index (κ1) is 40.1. The minimum absolute atomic E-state index is 8.68. The van der Waals surface area contributed by atoms with Crippen molar-refractivity contribution in [1.29, 1.82) is 0 Å². The van der Waals surface area contributed by atoms with Gasteiger partial charge in [-0.2, -0.15) is 114 Å². The molecule has 46 heavy (non-hydrogen) atoms. The van der Waals surface area contributed by atoms with Gasteiger partial charge in [-0.3, -0.25) is 0 Å². The Balaban J connectivity index is 3.39. The van der Waals surface area contributed by atoms with E-state index in [9.17, 15) is 123 Å². The van der Waals surface area contributed by atoms with E-state index in [1.807, 2.05) is 0 Å². The summed E-state index contributed by atoms with van der Waals surface area (Å²) in [5.74, 6) is -98.6. The van der Waals surface area contributed by atoms with Crippen molar-refractivity contribution in [2.75, 3.05) is 0 Å². The third-order valence-electron chi connectivity index (χ3n) is 7.09. The van der Waals surface area contributed by atoms with E-state index in [1.54, 1.807) is 0 Å². The van der Waals surface area contributed by atoms with Crippen LogP contribution in [0.15, 0.2) is 0 Å². The van der Waals surface area contributed by atoms with Gasteiger partial charge < -0.3 is 0 Å². The van der Waals surface area contributed by atoms with Gasteiger partial charge in [-0.15, -0.1) is 0 Å². The SMILES string of the molecule is FC(F)(F)C(F)(F)C1(F)C(F)(F)C(F)(F)C(F)(C2(F)C(F)(F)C(F)(F)C(F)(C(F)(F)C(F)(F)F)C(F)(F)C2(F)F)C(F)(F)C1(F)F. The summed E-state index contributed by atoms with van der Waals surface area (Å²) in [6.45, 7) is 0. The molecule has 0 atom stereocenters. The van der Waals surface area contributed by atoms with Crippen molar-refractivity contribution in [2.24, 2.45) is 0 Å². The highest BCUT2D eigenvalue weighted by Crippen LogP contribution is 2.82. The Morgan fingerprint density at radius 3 is 0.457 bits per heavy atom. The number of rotatable bonds is 3. The Hall–Kier alpha value is -2.10. The molecule has 0 aromatic rings. The van der Waals surface area contributed by atoms with E-state index in [0.717, 1.165) is 0 Å². The van der Waals surface area contributed by atoms with E-state index in [4.69, 9.17) is 0 Å². The van der Waals surface area contributed by atoms with Crippen molar-refractivity contribution in [3.05, 3.63) is 0 Å². The van der Waals surface area contributed by atoms with Gasteiger partial charge in [0.1, 0.15) is 0 Å². The van der Waals surface area contributed by atoms with Gasteiger partial charge in [0.2, 0.25) is 0 Å². The summed E-state index contributed by atoms with van der Waals surface area (Å²) in [5, 5.41) is 0. The van der Waals surface area contributed by atoms with Crippen LogP contribution in [0.5, 0.6) is 0 Å². The van der Waals surface area contributed by atoms with E-state index in [2.05, 4.69) is 0 Å². The lowest BCUT2D eigenvalue weighted by Gasteiger charge is -2.64. The fourth-order valence-corrected chi connectivity index (χ4v) is 4.56. The summed E-state index contributed by atoms with van der Waals surface area (Å²) in [6.07, 6.45) is -17.4. The van der Waals surface area contributed by atoms with Crippen molar-refractivity contribution in [1.82, 2.24) is 0 Å². The lowest BCUT2D eigenvalue weighted by molar-refractivity contribution is -0.560. The van der Waals surface area contributed by atoms with Crippen LogP contribution in [0.4, 0.5) is 132 Å². The summed E-state index contributed by atoms with van der Waals surface area (Å²) in [6, 6.07) is 0. The molecule has 2 aliphatic rings. The highest BCUT2D eigenvalue weighted by atomic mass is 19.4. The molecule has 2 rings (SSSR count). The first-order chi connectivity index (χ1) is 19.2. The Morgan fingerprint density at radius 2 is 0.348 bits per heavy atom. The molecule has 0 nitrogen and oxygen atoms in total. The average Bonchev–Trinajstić information content (AvgIpc) is 2.82. The Kier molecular flexibility index (Phi) is 7.44. The second kappa shape index (κ2) is 8.54. The zero-order valence-corrected chi connectivity index (χ0v) is 19.3. The van der Waals surface area contributed by atoms with Crippen molar-refractivity contribution in [2.45, 2.75) is 94.3 Å². The molecule has 0 unspecified atom stereocenters. The largest absolute Gasteiger partial charge is 0.457 e. The smallest absolute Gasteiger partial charge is 0.226 e. The molecule has 2 saturated carbocycles. The average molecular weight is 762 g/mol. The maximum atomic E-state index is 15.2. The zero-order valence-electron chi connectivity index (χ0n) is 19.3. The van der Waals surface area contributed by atoms with Crippen molar-refractivity contribution in [3.8, 4) is 0 Å². The topological polar surface area (TPSA) is 0 Å². The summed E-state index contributed by atoms with van der Waals surface area (Å²) in [7, 11) is 0. The highest BCUT2D eigenvalue weighted by molar-refractivity contribution is 5.44. The lowest BCUT2D eigenvalue weighted by atomic mass is 9.52. The molecule has 0 N–H and O–H groups in total. The van der Waals surface area contributed by atoms with E-state index < -0.39 is 94.3 Å². The van der Waals surface area contributed by atoms with Crippen LogP contribution in [0.2, 0.25) is 0 Å². The molecule has 0 radical (unpaired) electrons. The van der Waals surface area contributed by atoms with Gasteiger partial charge in [0.05, 0.1) is 0 Å². The van der Waals surface area contributed by atoms with Crippen LogP contribution in [0.3, 0.4) is 0 Å². The fourth-order valence-electron chi connectivity index (χ4n) is 4.56.